The van der Waals surface area contributed by atoms with E-state index in [1.54, 1.807) is 12.1 Å². The molecule has 1 aromatic heterocycles. The van der Waals surface area contributed by atoms with Crippen LogP contribution in [0.3, 0.4) is 0 Å². The molecule has 3 rings (SSSR count). The fourth-order valence-electron chi connectivity index (χ4n) is 2.79. The molecule has 0 atom stereocenters. The molecule has 1 heterocycles. The first-order valence-electron chi connectivity index (χ1n) is 8.98. The molecule has 0 saturated heterocycles. The van der Waals surface area contributed by atoms with Gasteiger partial charge in [-0.15, -0.1) is 0 Å². The van der Waals surface area contributed by atoms with Crippen molar-refractivity contribution in [2.24, 2.45) is 5.14 Å². The van der Waals surface area contributed by atoms with Crippen LogP contribution in [0.5, 0.6) is 0 Å². The van der Waals surface area contributed by atoms with Crippen LogP contribution in [0, 0.1) is 0 Å². The quantitative estimate of drug-likeness (QED) is 0.539. The van der Waals surface area contributed by atoms with Gasteiger partial charge >= 0.3 is 0 Å². The van der Waals surface area contributed by atoms with Crippen LogP contribution in [0.4, 0.5) is 17.3 Å². The molecule has 7 nitrogen and oxygen atoms in total. The second kappa shape index (κ2) is 8.81. The van der Waals surface area contributed by atoms with Crippen LogP contribution in [0.1, 0.15) is 18.1 Å². The molecule has 0 aliphatic rings. The summed E-state index contributed by atoms with van der Waals surface area (Å²) in [4.78, 5) is 8.64. The Balaban J connectivity index is 1.59. The second-order valence-corrected chi connectivity index (χ2v) is 7.85. The minimum atomic E-state index is -3.66. The summed E-state index contributed by atoms with van der Waals surface area (Å²) < 4.78 is 22.6. The van der Waals surface area contributed by atoms with E-state index in [0.717, 1.165) is 29.9 Å². The summed E-state index contributed by atoms with van der Waals surface area (Å²) >= 11 is 0. The van der Waals surface area contributed by atoms with Gasteiger partial charge in [0.2, 0.25) is 10.0 Å². The lowest BCUT2D eigenvalue weighted by Gasteiger charge is -2.11. The SMILES string of the molecule is CCc1ccccc1Nc1cc(NCCc2ccc(S(N)(=O)=O)cc2)ncn1. The van der Waals surface area contributed by atoms with Crippen molar-refractivity contribution < 1.29 is 8.42 Å². The first-order chi connectivity index (χ1) is 13.5. The number of nitrogens with one attached hydrogen (secondary N) is 2. The molecule has 0 spiro atoms. The summed E-state index contributed by atoms with van der Waals surface area (Å²) in [5.41, 5.74) is 3.26. The Bertz CT molecular complexity index is 1040. The standard InChI is InChI=1S/C20H23N5O2S/c1-2-16-5-3-4-6-18(16)25-20-13-19(23-14-24-20)22-12-11-15-7-9-17(10-8-15)28(21,26)27/h3-10,13-14H,2,11-12H2,1H3,(H2,21,26,27)(H2,22,23,24,25). The van der Waals surface area contributed by atoms with E-state index in [1.807, 2.05) is 24.3 Å². The number of anilines is 3. The first kappa shape index (κ1) is 19.8. The number of aromatic nitrogens is 2. The van der Waals surface area contributed by atoms with E-state index >= 15 is 0 Å². The van der Waals surface area contributed by atoms with Gasteiger partial charge in [-0.1, -0.05) is 37.3 Å². The van der Waals surface area contributed by atoms with Crippen molar-refractivity contribution in [3.63, 3.8) is 0 Å². The van der Waals surface area contributed by atoms with Gasteiger partial charge in [0.1, 0.15) is 18.0 Å². The van der Waals surface area contributed by atoms with Crippen molar-refractivity contribution in [2.45, 2.75) is 24.7 Å². The Morgan fingerprint density at radius 2 is 1.71 bits per heavy atom. The lowest BCUT2D eigenvalue weighted by molar-refractivity contribution is 0.598. The molecule has 0 aliphatic heterocycles. The number of nitrogens with two attached hydrogens (primary N) is 1. The Hall–Kier alpha value is -2.97. The average molecular weight is 398 g/mol. The van der Waals surface area contributed by atoms with Crippen molar-refractivity contribution in [3.05, 3.63) is 72.1 Å². The van der Waals surface area contributed by atoms with Crippen LogP contribution in [0.2, 0.25) is 0 Å². The number of para-hydroxylation sites is 1. The molecule has 0 fully saturated rings. The Labute approximate surface area is 165 Å². The summed E-state index contributed by atoms with van der Waals surface area (Å²) in [6.45, 7) is 2.76. The molecule has 146 valence electrons. The third-order valence-corrected chi connectivity index (χ3v) is 5.23. The van der Waals surface area contributed by atoms with E-state index in [4.69, 9.17) is 5.14 Å². The van der Waals surface area contributed by atoms with Crippen LogP contribution >= 0.6 is 0 Å². The van der Waals surface area contributed by atoms with Gasteiger partial charge in [-0.05, 0) is 42.2 Å². The number of hydrogen-bond donors (Lipinski definition) is 3. The minimum absolute atomic E-state index is 0.114. The zero-order chi connectivity index (χ0) is 20.0. The fraction of sp³-hybridized carbons (Fsp3) is 0.200. The lowest BCUT2D eigenvalue weighted by atomic mass is 10.1. The van der Waals surface area contributed by atoms with E-state index < -0.39 is 10.0 Å². The summed E-state index contributed by atoms with van der Waals surface area (Å²) in [5.74, 6) is 1.43. The average Bonchev–Trinajstić information content (AvgIpc) is 2.68. The highest BCUT2D eigenvalue weighted by Crippen LogP contribution is 2.21. The number of aryl methyl sites for hydroxylation is 1. The third kappa shape index (κ3) is 5.28. The lowest BCUT2D eigenvalue weighted by Crippen LogP contribution is -2.12. The van der Waals surface area contributed by atoms with Gasteiger partial charge in [0.05, 0.1) is 4.90 Å². The fourth-order valence-corrected chi connectivity index (χ4v) is 3.31. The molecule has 3 aromatic rings. The van der Waals surface area contributed by atoms with Gasteiger partial charge in [0.15, 0.2) is 0 Å². The van der Waals surface area contributed by atoms with Gasteiger partial charge in [-0.2, -0.15) is 0 Å². The monoisotopic (exact) mass is 397 g/mol. The highest BCUT2D eigenvalue weighted by molar-refractivity contribution is 7.89. The minimum Gasteiger partial charge on any atom is -0.370 e. The first-order valence-corrected chi connectivity index (χ1v) is 10.5. The van der Waals surface area contributed by atoms with E-state index in [2.05, 4.69) is 33.6 Å². The smallest absolute Gasteiger partial charge is 0.238 e. The number of primary sulfonamides is 1. The van der Waals surface area contributed by atoms with Crippen LogP contribution in [-0.4, -0.2) is 24.9 Å². The summed E-state index contributed by atoms with van der Waals surface area (Å²) in [7, 11) is -3.66. The van der Waals surface area contributed by atoms with E-state index in [1.165, 1.54) is 24.0 Å². The van der Waals surface area contributed by atoms with Gasteiger partial charge in [-0.3, -0.25) is 0 Å². The van der Waals surface area contributed by atoms with Gasteiger partial charge in [0.25, 0.3) is 0 Å². The highest BCUT2D eigenvalue weighted by atomic mass is 32.2. The predicted molar refractivity (Wildman–Crippen MR) is 111 cm³/mol. The zero-order valence-corrected chi connectivity index (χ0v) is 16.4. The van der Waals surface area contributed by atoms with Crippen molar-refractivity contribution in [1.82, 2.24) is 9.97 Å². The maximum atomic E-state index is 11.3. The maximum Gasteiger partial charge on any atom is 0.238 e. The molecular weight excluding hydrogens is 374 g/mol. The summed E-state index contributed by atoms with van der Waals surface area (Å²) in [5, 5.41) is 11.7. The van der Waals surface area contributed by atoms with E-state index in [9.17, 15) is 8.42 Å². The van der Waals surface area contributed by atoms with E-state index in [-0.39, 0.29) is 4.90 Å². The molecule has 0 unspecified atom stereocenters. The maximum absolute atomic E-state index is 11.3. The van der Waals surface area contributed by atoms with Crippen LogP contribution in [0.15, 0.2) is 65.8 Å². The van der Waals surface area contributed by atoms with Crippen LogP contribution in [-0.2, 0) is 22.9 Å². The molecule has 2 aromatic carbocycles. The number of benzene rings is 2. The molecular formula is C20H23N5O2S. The van der Waals surface area contributed by atoms with Gasteiger partial charge in [0, 0.05) is 18.3 Å². The predicted octanol–water partition coefficient (Wildman–Crippen LogP) is 3.08. The zero-order valence-electron chi connectivity index (χ0n) is 15.6. The molecule has 0 aliphatic carbocycles. The number of rotatable bonds is 8. The summed E-state index contributed by atoms with van der Waals surface area (Å²) in [6, 6.07) is 16.5. The van der Waals surface area contributed by atoms with Crippen molar-refractivity contribution in [1.29, 1.82) is 0 Å². The molecule has 8 heteroatoms. The van der Waals surface area contributed by atoms with E-state index in [0.29, 0.717) is 12.4 Å². The van der Waals surface area contributed by atoms with Gasteiger partial charge < -0.3 is 10.6 Å². The normalized spacial score (nSPS) is 11.2. The van der Waals surface area contributed by atoms with Crippen molar-refractivity contribution in [2.75, 3.05) is 17.2 Å². The molecule has 0 bridgehead atoms. The molecule has 4 N–H and O–H groups in total. The number of sulfonamides is 1. The second-order valence-electron chi connectivity index (χ2n) is 6.29. The van der Waals surface area contributed by atoms with Crippen molar-refractivity contribution >= 4 is 27.3 Å². The Morgan fingerprint density at radius 1 is 1.00 bits per heavy atom. The highest BCUT2D eigenvalue weighted by Gasteiger charge is 2.07. The molecule has 0 radical (unpaired) electrons. The number of nitrogens with zero attached hydrogens (tertiary/aromatic N) is 2. The van der Waals surface area contributed by atoms with Crippen LogP contribution in [0.25, 0.3) is 0 Å². The number of hydrogen-bond acceptors (Lipinski definition) is 6. The Kier molecular flexibility index (Phi) is 6.23. The largest absolute Gasteiger partial charge is 0.370 e. The molecule has 28 heavy (non-hydrogen) atoms. The third-order valence-electron chi connectivity index (χ3n) is 4.30. The molecule has 0 amide bonds. The topological polar surface area (TPSA) is 110 Å². The van der Waals surface area contributed by atoms with Gasteiger partial charge in [-0.25, -0.2) is 23.5 Å². The summed E-state index contributed by atoms with van der Waals surface area (Å²) in [6.07, 6.45) is 3.17. The van der Waals surface area contributed by atoms with Crippen LogP contribution < -0.4 is 15.8 Å². The molecule has 0 saturated carbocycles. The Morgan fingerprint density at radius 3 is 2.43 bits per heavy atom. The van der Waals surface area contributed by atoms with Crippen molar-refractivity contribution in [3.8, 4) is 0 Å².